The van der Waals surface area contributed by atoms with E-state index in [-0.39, 0.29) is 29.7 Å². The maximum absolute atomic E-state index is 12.5. The van der Waals surface area contributed by atoms with Crippen molar-refractivity contribution in [2.45, 2.75) is 96.6 Å². The van der Waals surface area contributed by atoms with Crippen LogP contribution in [0.4, 0.5) is 0 Å². The molecule has 3 heterocycles. The summed E-state index contributed by atoms with van der Waals surface area (Å²) in [6, 6.07) is -0.0891. The summed E-state index contributed by atoms with van der Waals surface area (Å²) in [6.45, 7) is 7.64. The second-order valence-electron chi connectivity index (χ2n) is 12.5. The molecular formula is C29H54N4O4S. The first-order chi connectivity index (χ1) is 18.1. The monoisotopic (exact) mass is 554 g/mol. The van der Waals surface area contributed by atoms with Gasteiger partial charge in [-0.15, -0.1) is 0 Å². The number of likely N-dealkylation sites (N-methyl/N-ethyl adjacent to an activating group) is 2. The highest BCUT2D eigenvalue weighted by Gasteiger charge is 2.34. The third-order valence-corrected chi connectivity index (χ3v) is 11.2. The van der Waals surface area contributed by atoms with Gasteiger partial charge in [-0.3, -0.25) is 9.59 Å². The van der Waals surface area contributed by atoms with Gasteiger partial charge in [0.2, 0.25) is 11.8 Å². The van der Waals surface area contributed by atoms with Crippen LogP contribution in [0.1, 0.15) is 84.5 Å². The molecule has 3 saturated heterocycles. The number of hydrogen-bond donors (Lipinski definition) is 2. The quantitative estimate of drug-likeness (QED) is 0.524. The van der Waals surface area contributed by atoms with Crippen molar-refractivity contribution in [1.29, 1.82) is 0 Å². The van der Waals surface area contributed by atoms with Gasteiger partial charge >= 0.3 is 0 Å². The number of carbonyl (C=O) groups excluding carboxylic acids is 2. The Labute approximate surface area is 232 Å². The molecule has 5 unspecified atom stereocenters. The fourth-order valence-corrected chi connectivity index (χ4v) is 8.84. The Morgan fingerprint density at radius 3 is 1.63 bits per heavy atom. The summed E-state index contributed by atoms with van der Waals surface area (Å²) < 4.78 is 23.4. The SMILES string of the molecule is CNC1C(=O)N(CC2CCCCC2)CCCC1C.CNC1C(=O)N(CC2CCCS(=O)(=O)C2)CCCC1C. The Bertz CT molecular complexity index is 861. The van der Waals surface area contributed by atoms with Crippen LogP contribution in [0.2, 0.25) is 0 Å². The molecule has 220 valence electrons. The van der Waals surface area contributed by atoms with Crippen molar-refractivity contribution in [3.63, 3.8) is 0 Å². The van der Waals surface area contributed by atoms with Gasteiger partial charge in [0.25, 0.3) is 0 Å². The fraction of sp³-hybridized carbons (Fsp3) is 0.931. The Morgan fingerprint density at radius 2 is 1.16 bits per heavy atom. The Morgan fingerprint density at radius 1 is 0.684 bits per heavy atom. The molecule has 1 aliphatic carbocycles. The van der Waals surface area contributed by atoms with Crippen LogP contribution in [0.3, 0.4) is 0 Å². The lowest BCUT2D eigenvalue weighted by Crippen LogP contribution is -2.49. The molecule has 4 fully saturated rings. The third-order valence-electron chi connectivity index (χ3n) is 9.33. The van der Waals surface area contributed by atoms with Gasteiger partial charge in [0, 0.05) is 26.2 Å². The van der Waals surface area contributed by atoms with E-state index in [0.717, 1.165) is 57.7 Å². The maximum atomic E-state index is 12.5. The standard InChI is InChI=1S/C15H28N2O.C14H26N2O3S/c1-12-7-6-10-17(15(18)14(12)16-2)11-13-8-4-3-5-9-13;1-11-5-3-7-16(14(17)13(11)15-2)9-12-6-4-8-20(18,19)10-12/h12-14,16H,3-11H2,1-2H3;11-13,15H,3-10H2,1-2H3. The van der Waals surface area contributed by atoms with Crippen LogP contribution < -0.4 is 10.6 Å². The molecule has 3 aliphatic heterocycles. The molecule has 0 bridgehead atoms. The van der Waals surface area contributed by atoms with E-state index in [2.05, 4.69) is 29.4 Å². The van der Waals surface area contributed by atoms with Crippen molar-refractivity contribution in [2.24, 2.45) is 23.7 Å². The molecule has 0 spiro atoms. The van der Waals surface area contributed by atoms with Crippen molar-refractivity contribution in [3.8, 4) is 0 Å². The topological polar surface area (TPSA) is 98.8 Å². The van der Waals surface area contributed by atoms with Crippen LogP contribution in [-0.4, -0.2) is 93.9 Å². The summed E-state index contributed by atoms with van der Waals surface area (Å²) in [5.41, 5.74) is 0. The first-order valence-electron chi connectivity index (χ1n) is 15.3. The zero-order chi connectivity index (χ0) is 27.7. The molecule has 9 heteroatoms. The number of likely N-dealkylation sites (tertiary alicyclic amines) is 2. The molecule has 1 saturated carbocycles. The Hall–Kier alpha value is -1.19. The summed E-state index contributed by atoms with van der Waals surface area (Å²) in [6.07, 6.45) is 12.8. The smallest absolute Gasteiger partial charge is 0.239 e. The lowest BCUT2D eigenvalue weighted by Gasteiger charge is -2.31. The lowest BCUT2D eigenvalue weighted by atomic mass is 9.89. The Balaban J connectivity index is 0.000000212. The third kappa shape index (κ3) is 8.91. The van der Waals surface area contributed by atoms with Gasteiger partial charge in [-0.2, -0.15) is 0 Å². The number of hydrogen-bond acceptors (Lipinski definition) is 6. The molecule has 4 aliphatic rings. The number of amides is 2. The van der Waals surface area contributed by atoms with Crippen LogP contribution in [0.15, 0.2) is 0 Å². The highest BCUT2D eigenvalue weighted by Crippen LogP contribution is 2.27. The largest absolute Gasteiger partial charge is 0.341 e. The Kier molecular flexibility index (Phi) is 12.4. The molecule has 2 amide bonds. The van der Waals surface area contributed by atoms with Gasteiger partial charge in [0.15, 0.2) is 9.84 Å². The lowest BCUT2D eigenvalue weighted by molar-refractivity contribution is -0.135. The molecule has 0 aromatic carbocycles. The highest BCUT2D eigenvalue weighted by atomic mass is 32.2. The summed E-state index contributed by atoms with van der Waals surface area (Å²) in [5, 5.41) is 6.34. The summed E-state index contributed by atoms with van der Waals surface area (Å²) in [7, 11) is 0.854. The maximum Gasteiger partial charge on any atom is 0.239 e. The van der Waals surface area contributed by atoms with Crippen molar-refractivity contribution >= 4 is 21.7 Å². The van der Waals surface area contributed by atoms with Gasteiger partial charge in [0.1, 0.15) is 0 Å². The van der Waals surface area contributed by atoms with Crippen molar-refractivity contribution in [1.82, 2.24) is 20.4 Å². The zero-order valence-electron chi connectivity index (χ0n) is 24.4. The number of nitrogens with one attached hydrogen (secondary N) is 2. The predicted molar refractivity (Wildman–Crippen MR) is 154 cm³/mol. The second-order valence-corrected chi connectivity index (χ2v) is 14.7. The summed E-state index contributed by atoms with van der Waals surface area (Å²) in [5.74, 6) is 2.72. The number of rotatable bonds is 6. The molecule has 0 radical (unpaired) electrons. The van der Waals surface area contributed by atoms with E-state index in [1.807, 2.05) is 19.0 Å². The molecule has 2 N–H and O–H groups in total. The number of carbonyl (C=O) groups is 2. The van der Waals surface area contributed by atoms with E-state index in [0.29, 0.717) is 30.0 Å². The second kappa shape index (κ2) is 15.0. The minimum absolute atomic E-state index is 0.0380. The van der Waals surface area contributed by atoms with E-state index < -0.39 is 9.84 Å². The minimum atomic E-state index is -2.89. The van der Waals surface area contributed by atoms with E-state index in [1.165, 1.54) is 38.5 Å². The van der Waals surface area contributed by atoms with E-state index in [4.69, 9.17) is 0 Å². The summed E-state index contributed by atoms with van der Waals surface area (Å²) >= 11 is 0. The minimum Gasteiger partial charge on any atom is -0.341 e. The van der Waals surface area contributed by atoms with Crippen LogP contribution >= 0.6 is 0 Å². The molecule has 0 aromatic heterocycles. The van der Waals surface area contributed by atoms with Gasteiger partial charge < -0.3 is 20.4 Å². The van der Waals surface area contributed by atoms with Crippen molar-refractivity contribution < 1.29 is 18.0 Å². The molecule has 8 nitrogen and oxygen atoms in total. The predicted octanol–water partition coefficient (Wildman–Crippen LogP) is 3.07. The average Bonchev–Trinajstić information content (AvgIpc) is 3.10. The van der Waals surface area contributed by atoms with Crippen molar-refractivity contribution in [2.75, 3.05) is 51.8 Å². The van der Waals surface area contributed by atoms with Crippen LogP contribution in [0.25, 0.3) is 0 Å². The first-order valence-corrected chi connectivity index (χ1v) is 17.1. The number of sulfone groups is 1. The molecule has 38 heavy (non-hydrogen) atoms. The molecule has 4 rings (SSSR count). The fourth-order valence-electron chi connectivity index (χ4n) is 7.08. The van der Waals surface area contributed by atoms with Crippen LogP contribution in [0, 0.1) is 23.7 Å². The molecule has 5 atom stereocenters. The van der Waals surface area contributed by atoms with Crippen LogP contribution in [0.5, 0.6) is 0 Å². The van der Waals surface area contributed by atoms with E-state index >= 15 is 0 Å². The highest BCUT2D eigenvalue weighted by molar-refractivity contribution is 7.91. The van der Waals surface area contributed by atoms with Gasteiger partial charge in [-0.1, -0.05) is 33.1 Å². The van der Waals surface area contributed by atoms with E-state index in [1.54, 1.807) is 0 Å². The summed E-state index contributed by atoms with van der Waals surface area (Å²) in [4.78, 5) is 29.1. The molecular weight excluding hydrogens is 500 g/mol. The first kappa shape index (κ1) is 31.3. The van der Waals surface area contributed by atoms with Gasteiger partial charge in [-0.25, -0.2) is 8.42 Å². The van der Waals surface area contributed by atoms with Crippen LogP contribution in [-0.2, 0) is 19.4 Å². The van der Waals surface area contributed by atoms with Gasteiger partial charge in [0.05, 0.1) is 23.6 Å². The molecule has 0 aromatic rings. The number of nitrogens with zero attached hydrogens (tertiary/aromatic N) is 2. The van der Waals surface area contributed by atoms with Crippen molar-refractivity contribution in [3.05, 3.63) is 0 Å². The zero-order valence-corrected chi connectivity index (χ0v) is 25.2. The average molecular weight is 555 g/mol. The normalized spacial score (nSPS) is 33.2. The van der Waals surface area contributed by atoms with E-state index in [9.17, 15) is 18.0 Å². The van der Waals surface area contributed by atoms with Gasteiger partial charge in [-0.05, 0) is 89.1 Å².